The van der Waals surface area contributed by atoms with Gasteiger partial charge in [0.1, 0.15) is 11.7 Å². The number of hydrogen-bond donors (Lipinski definition) is 0. The van der Waals surface area contributed by atoms with Gasteiger partial charge in [-0.05, 0) is 60.4 Å². The molecule has 0 aliphatic rings. The molecule has 2 heterocycles. The van der Waals surface area contributed by atoms with Crippen LogP contribution in [0.3, 0.4) is 0 Å². The Hall–Kier alpha value is -2.23. The second kappa shape index (κ2) is 5.63. The predicted octanol–water partition coefficient (Wildman–Crippen LogP) is 6.69. The topological polar surface area (TPSA) is 3.88 Å². The van der Waals surface area contributed by atoms with E-state index in [1.165, 1.54) is 57.7 Å². The van der Waals surface area contributed by atoms with Gasteiger partial charge in [0.05, 0.1) is 5.56 Å². The van der Waals surface area contributed by atoms with Crippen LogP contribution in [0.1, 0.15) is 16.7 Å². The van der Waals surface area contributed by atoms with Crippen LogP contribution in [0, 0.1) is 20.8 Å². The van der Waals surface area contributed by atoms with Crippen molar-refractivity contribution in [2.45, 2.75) is 20.8 Å². The maximum absolute atomic E-state index is 2.39. The van der Waals surface area contributed by atoms with Crippen molar-refractivity contribution in [2.24, 2.45) is 7.05 Å². The number of rotatable bonds is 1. The zero-order valence-corrected chi connectivity index (χ0v) is 17.0. The summed E-state index contributed by atoms with van der Waals surface area (Å²) in [4.78, 5) is 1.37. The number of benzene rings is 3. The quantitative estimate of drug-likeness (QED) is 0.288. The SMILES string of the molecule is Cc1cc(C)c(C)c(-c2sc3c4c(ccc5ccccc54)sc3[n+]2C)c1. The predicted molar refractivity (Wildman–Crippen MR) is 116 cm³/mol. The summed E-state index contributed by atoms with van der Waals surface area (Å²) in [6, 6.07) is 17.9. The van der Waals surface area contributed by atoms with Crippen LogP contribution >= 0.6 is 22.7 Å². The molecule has 0 saturated carbocycles. The standard InChI is InChI=1S/C23H20NS2/c1-13-11-14(2)15(3)18(12-13)22-24(4)23-21(26-22)20-17-8-6-5-7-16(17)9-10-19(20)25-23/h5-12H,1-4H3/q+1. The highest BCUT2D eigenvalue weighted by molar-refractivity contribution is 7.32. The van der Waals surface area contributed by atoms with Crippen molar-refractivity contribution in [2.75, 3.05) is 0 Å². The molecule has 0 fully saturated rings. The molecule has 0 unspecified atom stereocenters. The Kier molecular flexibility index (Phi) is 3.46. The van der Waals surface area contributed by atoms with Gasteiger partial charge in [-0.2, -0.15) is 4.57 Å². The van der Waals surface area contributed by atoms with Crippen molar-refractivity contribution in [3.05, 3.63) is 65.2 Å². The number of fused-ring (bicyclic) bond motifs is 5. The summed E-state index contributed by atoms with van der Waals surface area (Å²) in [5, 5.41) is 5.45. The van der Waals surface area contributed by atoms with Crippen molar-refractivity contribution in [1.29, 1.82) is 0 Å². The maximum Gasteiger partial charge on any atom is 0.281 e. The van der Waals surface area contributed by atoms with Gasteiger partial charge < -0.3 is 0 Å². The van der Waals surface area contributed by atoms with Gasteiger partial charge in [-0.25, -0.2) is 0 Å². The molecule has 3 heteroatoms. The lowest BCUT2D eigenvalue weighted by atomic mass is 10.0. The Morgan fingerprint density at radius 1 is 0.885 bits per heavy atom. The molecule has 1 nitrogen and oxygen atoms in total. The number of aromatic nitrogens is 1. The first-order valence-electron chi connectivity index (χ1n) is 8.85. The number of hydrogen-bond acceptors (Lipinski definition) is 2. The molecule has 0 aliphatic carbocycles. The Labute approximate surface area is 161 Å². The fourth-order valence-corrected chi connectivity index (χ4v) is 6.64. The largest absolute Gasteiger partial charge is 0.281 e. The third kappa shape index (κ3) is 2.17. The minimum absolute atomic E-state index is 1.32. The van der Waals surface area contributed by atoms with Crippen LogP contribution in [0.2, 0.25) is 0 Å². The summed E-state index contributed by atoms with van der Waals surface area (Å²) in [6.45, 7) is 6.64. The molecule has 3 aromatic carbocycles. The lowest BCUT2D eigenvalue weighted by Crippen LogP contribution is -2.27. The minimum atomic E-state index is 1.32. The van der Waals surface area contributed by atoms with E-state index in [0.29, 0.717) is 0 Å². The van der Waals surface area contributed by atoms with Crippen molar-refractivity contribution < 1.29 is 4.57 Å². The Bertz CT molecular complexity index is 1320. The van der Waals surface area contributed by atoms with E-state index in [9.17, 15) is 0 Å². The van der Waals surface area contributed by atoms with Gasteiger partial charge in [0.2, 0.25) is 0 Å². The first-order chi connectivity index (χ1) is 12.5. The molecule has 26 heavy (non-hydrogen) atoms. The van der Waals surface area contributed by atoms with Crippen LogP contribution in [-0.2, 0) is 7.05 Å². The molecule has 128 valence electrons. The highest BCUT2D eigenvalue weighted by Crippen LogP contribution is 2.43. The Morgan fingerprint density at radius 2 is 1.69 bits per heavy atom. The number of thiazole rings is 1. The molecule has 0 saturated heterocycles. The molecule has 0 aliphatic heterocycles. The summed E-state index contributed by atoms with van der Waals surface area (Å²) in [5.74, 6) is 0. The number of thiophene rings is 1. The van der Waals surface area contributed by atoms with Crippen molar-refractivity contribution in [1.82, 2.24) is 0 Å². The van der Waals surface area contributed by atoms with E-state index in [0.717, 1.165) is 0 Å². The third-order valence-corrected chi connectivity index (χ3v) is 8.02. The average molecular weight is 375 g/mol. The van der Waals surface area contributed by atoms with Gasteiger partial charge in [-0.1, -0.05) is 59.1 Å². The molecule has 0 spiro atoms. The smallest absolute Gasteiger partial charge is 0.175 e. The highest BCUT2D eigenvalue weighted by Gasteiger charge is 2.25. The molecular weight excluding hydrogens is 354 g/mol. The normalized spacial score (nSPS) is 11.8. The van der Waals surface area contributed by atoms with Gasteiger partial charge in [0.15, 0.2) is 0 Å². The van der Waals surface area contributed by atoms with E-state index in [2.05, 4.69) is 80.9 Å². The minimum Gasteiger partial charge on any atom is -0.175 e. The highest BCUT2D eigenvalue weighted by atomic mass is 32.1. The molecule has 2 aromatic heterocycles. The van der Waals surface area contributed by atoms with Gasteiger partial charge in [0.25, 0.3) is 9.84 Å². The van der Waals surface area contributed by atoms with E-state index in [1.807, 2.05) is 22.7 Å². The van der Waals surface area contributed by atoms with E-state index in [1.54, 1.807) is 0 Å². The summed E-state index contributed by atoms with van der Waals surface area (Å²) in [6.07, 6.45) is 0. The van der Waals surface area contributed by atoms with Crippen LogP contribution in [0.15, 0.2) is 48.5 Å². The number of nitrogens with zero attached hydrogens (tertiary/aromatic N) is 1. The van der Waals surface area contributed by atoms with E-state index >= 15 is 0 Å². The third-order valence-electron chi connectivity index (χ3n) is 5.37. The molecule has 5 aromatic rings. The lowest BCUT2D eigenvalue weighted by molar-refractivity contribution is -0.627. The lowest BCUT2D eigenvalue weighted by Gasteiger charge is -2.06. The number of aryl methyl sites for hydroxylation is 3. The van der Waals surface area contributed by atoms with E-state index < -0.39 is 0 Å². The monoisotopic (exact) mass is 374 g/mol. The second-order valence-corrected chi connectivity index (χ2v) is 9.15. The van der Waals surface area contributed by atoms with Crippen molar-refractivity contribution in [3.8, 4) is 10.6 Å². The van der Waals surface area contributed by atoms with Crippen LogP contribution in [0.4, 0.5) is 0 Å². The summed E-state index contributed by atoms with van der Waals surface area (Å²) in [7, 11) is 2.21. The molecule has 0 atom stereocenters. The first kappa shape index (κ1) is 16.0. The molecule has 0 N–H and O–H groups in total. The second-order valence-electron chi connectivity index (χ2n) is 7.12. The first-order valence-corrected chi connectivity index (χ1v) is 10.5. The van der Waals surface area contributed by atoms with Crippen LogP contribution in [0.5, 0.6) is 0 Å². The Morgan fingerprint density at radius 3 is 2.54 bits per heavy atom. The van der Waals surface area contributed by atoms with Gasteiger partial charge in [-0.15, -0.1) is 0 Å². The van der Waals surface area contributed by atoms with Crippen molar-refractivity contribution >= 4 is 53.1 Å². The van der Waals surface area contributed by atoms with E-state index in [4.69, 9.17) is 0 Å². The zero-order valence-electron chi connectivity index (χ0n) is 15.4. The fraction of sp³-hybridized carbons (Fsp3) is 0.174. The summed E-state index contributed by atoms with van der Waals surface area (Å²) >= 11 is 3.84. The van der Waals surface area contributed by atoms with Crippen LogP contribution < -0.4 is 4.57 Å². The van der Waals surface area contributed by atoms with Gasteiger partial charge in [0, 0.05) is 10.1 Å². The average Bonchev–Trinajstić information content (AvgIpc) is 3.15. The molecule has 0 bridgehead atoms. The molecule has 0 amide bonds. The maximum atomic E-state index is 2.39. The fourth-order valence-electron chi connectivity index (χ4n) is 3.90. The van der Waals surface area contributed by atoms with Crippen molar-refractivity contribution in [3.63, 3.8) is 0 Å². The molecule has 0 radical (unpaired) electrons. The summed E-state index contributed by atoms with van der Waals surface area (Å²) in [5.41, 5.74) is 5.45. The van der Waals surface area contributed by atoms with Crippen LogP contribution in [-0.4, -0.2) is 0 Å². The summed E-state index contributed by atoms with van der Waals surface area (Å²) < 4.78 is 5.18. The van der Waals surface area contributed by atoms with E-state index in [-0.39, 0.29) is 0 Å². The zero-order chi connectivity index (χ0) is 18.0. The molecular formula is C23H20NS2+. The van der Waals surface area contributed by atoms with Gasteiger partial charge in [-0.3, -0.25) is 0 Å². The van der Waals surface area contributed by atoms with Gasteiger partial charge >= 0.3 is 0 Å². The Balaban J connectivity index is 1.90. The molecule has 5 rings (SSSR count). The van der Waals surface area contributed by atoms with Crippen LogP contribution in [0.25, 0.3) is 41.0 Å².